The molecule has 1 aliphatic rings. The summed E-state index contributed by atoms with van der Waals surface area (Å²) in [7, 11) is 0. The Bertz CT molecular complexity index is 768. The van der Waals surface area contributed by atoms with E-state index in [-0.39, 0.29) is 18.2 Å². The SMILES string of the molecule is Cc1cccc2[nH]c(CCC(=O)N3CCC[C@H](CC(=O)O)CC3)nc12. The number of nitrogens with zero attached hydrogens (tertiary/aromatic N) is 2. The third kappa shape index (κ3) is 4.38. The minimum atomic E-state index is -0.745. The number of rotatable bonds is 5. The number of hydrogen-bond acceptors (Lipinski definition) is 3. The highest BCUT2D eigenvalue weighted by molar-refractivity contribution is 5.79. The molecular weight excluding hydrogens is 318 g/mol. The first-order valence-electron chi connectivity index (χ1n) is 8.96. The molecule has 1 aromatic heterocycles. The number of carboxylic acid groups (broad SMARTS) is 1. The zero-order valence-electron chi connectivity index (χ0n) is 14.6. The van der Waals surface area contributed by atoms with Crippen molar-refractivity contribution in [3.05, 3.63) is 29.6 Å². The molecule has 2 heterocycles. The van der Waals surface area contributed by atoms with Gasteiger partial charge in [-0.25, -0.2) is 4.98 Å². The van der Waals surface area contributed by atoms with E-state index < -0.39 is 5.97 Å². The molecule has 3 rings (SSSR count). The maximum atomic E-state index is 12.5. The molecule has 6 heteroatoms. The van der Waals surface area contributed by atoms with Crippen molar-refractivity contribution in [2.75, 3.05) is 13.1 Å². The van der Waals surface area contributed by atoms with Gasteiger partial charge < -0.3 is 15.0 Å². The monoisotopic (exact) mass is 343 g/mol. The number of carboxylic acids is 1. The Morgan fingerprint density at radius 3 is 2.92 bits per heavy atom. The van der Waals surface area contributed by atoms with Crippen molar-refractivity contribution in [2.24, 2.45) is 5.92 Å². The Morgan fingerprint density at radius 2 is 2.16 bits per heavy atom. The lowest BCUT2D eigenvalue weighted by Crippen LogP contribution is -2.32. The standard InChI is InChI=1S/C19H25N3O3/c1-13-4-2-6-15-19(13)21-16(20-15)7-8-17(23)22-10-3-5-14(9-11-22)12-18(24)25/h2,4,6,14H,3,5,7-12H2,1H3,(H,20,21)(H,24,25)/t14-/m0/s1. The van der Waals surface area contributed by atoms with Gasteiger partial charge in [0.2, 0.25) is 5.91 Å². The Hall–Kier alpha value is -2.37. The minimum Gasteiger partial charge on any atom is -0.481 e. The summed E-state index contributed by atoms with van der Waals surface area (Å²) in [6.45, 7) is 3.42. The van der Waals surface area contributed by atoms with Gasteiger partial charge in [-0.2, -0.15) is 0 Å². The van der Waals surface area contributed by atoms with Crippen molar-refractivity contribution >= 4 is 22.9 Å². The number of hydrogen-bond donors (Lipinski definition) is 2. The Morgan fingerprint density at radius 1 is 1.32 bits per heavy atom. The maximum Gasteiger partial charge on any atom is 0.303 e. The average Bonchev–Trinajstić information content (AvgIpc) is 2.86. The highest BCUT2D eigenvalue weighted by atomic mass is 16.4. The predicted octanol–water partition coefficient (Wildman–Crippen LogP) is 2.91. The lowest BCUT2D eigenvalue weighted by atomic mass is 9.97. The van der Waals surface area contributed by atoms with Gasteiger partial charge in [-0.15, -0.1) is 0 Å². The third-order valence-corrected chi connectivity index (χ3v) is 5.00. The molecule has 25 heavy (non-hydrogen) atoms. The molecule has 0 aliphatic carbocycles. The first-order valence-corrected chi connectivity index (χ1v) is 8.96. The summed E-state index contributed by atoms with van der Waals surface area (Å²) >= 11 is 0. The van der Waals surface area contributed by atoms with Crippen LogP contribution in [0.2, 0.25) is 0 Å². The van der Waals surface area contributed by atoms with Gasteiger partial charge in [0.25, 0.3) is 0 Å². The van der Waals surface area contributed by atoms with Crippen molar-refractivity contribution in [1.29, 1.82) is 0 Å². The second kappa shape index (κ2) is 7.68. The van der Waals surface area contributed by atoms with Crippen LogP contribution < -0.4 is 0 Å². The molecule has 0 radical (unpaired) electrons. The van der Waals surface area contributed by atoms with Gasteiger partial charge in [-0.3, -0.25) is 9.59 Å². The van der Waals surface area contributed by atoms with Gasteiger partial charge in [-0.1, -0.05) is 12.1 Å². The number of H-pyrrole nitrogens is 1. The second-order valence-electron chi connectivity index (χ2n) is 6.93. The van der Waals surface area contributed by atoms with E-state index in [1.54, 1.807) is 0 Å². The number of imidazole rings is 1. The summed E-state index contributed by atoms with van der Waals surface area (Å²) in [4.78, 5) is 33.1. The van der Waals surface area contributed by atoms with Crippen LogP contribution in [0.3, 0.4) is 0 Å². The van der Waals surface area contributed by atoms with E-state index in [0.29, 0.717) is 19.4 Å². The molecule has 1 aliphatic heterocycles. The van der Waals surface area contributed by atoms with E-state index in [1.807, 2.05) is 30.0 Å². The van der Waals surface area contributed by atoms with Gasteiger partial charge in [-0.05, 0) is 43.7 Å². The molecule has 1 aromatic carbocycles. The summed E-state index contributed by atoms with van der Waals surface area (Å²) in [5.74, 6) is 0.419. The quantitative estimate of drug-likeness (QED) is 0.874. The lowest BCUT2D eigenvalue weighted by Gasteiger charge is -2.20. The normalized spacial score (nSPS) is 18.3. The second-order valence-corrected chi connectivity index (χ2v) is 6.93. The fraction of sp³-hybridized carbons (Fsp3) is 0.526. The molecular formula is C19H25N3O3. The van der Waals surface area contributed by atoms with E-state index in [1.165, 1.54) is 0 Å². The first kappa shape index (κ1) is 17.5. The van der Waals surface area contributed by atoms with Gasteiger partial charge in [0.15, 0.2) is 0 Å². The molecule has 2 N–H and O–H groups in total. The predicted molar refractivity (Wildman–Crippen MR) is 95.3 cm³/mol. The summed E-state index contributed by atoms with van der Waals surface area (Å²) < 4.78 is 0. The number of benzene rings is 1. The molecule has 6 nitrogen and oxygen atoms in total. The highest BCUT2D eigenvalue weighted by Gasteiger charge is 2.22. The molecule has 0 saturated carbocycles. The largest absolute Gasteiger partial charge is 0.481 e. The number of aromatic nitrogens is 2. The Balaban J connectivity index is 1.55. The Kier molecular flexibility index (Phi) is 5.36. The number of amides is 1. The van der Waals surface area contributed by atoms with Gasteiger partial charge >= 0.3 is 5.97 Å². The number of aliphatic carboxylic acids is 1. The van der Waals surface area contributed by atoms with E-state index in [0.717, 1.165) is 48.2 Å². The van der Waals surface area contributed by atoms with Crippen LogP contribution in [0.1, 0.15) is 43.5 Å². The van der Waals surface area contributed by atoms with Gasteiger partial charge in [0.1, 0.15) is 5.82 Å². The zero-order chi connectivity index (χ0) is 17.8. The van der Waals surface area contributed by atoms with Crippen molar-refractivity contribution in [3.63, 3.8) is 0 Å². The molecule has 2 aromatic rings. The summed E-state index contributed by atoms with van der Waals surface area (Å²) in [6, 6.07) is 6.02. The first-order chi connectivity index (χ1) is 12.0. The molecule has 0 spiro atoms. The number of nitrogens with one attached hydrogen (secondary N) is 1. The van der Waals surface area contributed by atoms with Crippen molar-refractivity contribution in [1.82, 2.24) is 14.9 Å². The van der Waals surface area contributed by atoms with Crippen LogP contribution >= 0.6 is 0 Å². The van der Waals surface area contributed by atoms with Crippen LogP contribution in [0.5, 0.6) is 0 Å². The lowest BCUT2D eigenvalue weighted by molar-refractivity contribution is -0.138. The van der Waals surface area contributed by atoms with Crippen molar-refractivity contribution in [2.45, 2.75) is 45.4 Å². The fourth-order valence-electron chi connectivity index (χ4n) is 3.59. The smallest absolute Gasteiger partial charge is 0.303 e. The van der Waals surface area contributed by atoms with Crippen LogP contribution in [-0.4, -0.2) is 44.9 Å². The van der Waals surface area contributed by atoms with Crippen molar-refractivity contribution < 1.29 is 14.7 Å². The number of aryl methyl sites for hydroxylation is 2. The van der Waals surface area contributed by atoms with Crippen LogP contribution in [0.4, 0.5) is 0 Å². The van der Waals surface area contributed by atoms with E-state index >= 15 is 0 Å². The summed E-state index contributed by atoms with van der Waals surface area (Å²) in [5, 5.41) is 8.93. The van der Waals surface area contributed by atoms with E-state index in [4.69, 9.17) is 5.11 Å². The third-order valence-electron chi connectivity index (χ3n) is 5.00. The molecule has 1 atom stereocenters. The zero-order valence-corrected chi connectivity index (χ0v) is 14.6. The average molecular weight is 343 g/mol. The molecule has 1 saturated heterocycles. The van der Waals surface area contributed by atoms with Crippen LogP contribution in [0.25, 0.3) is 11.0 Å². The van der Waals surface area contributed by atoms with Crippen LogP contribution in [0, 0.1) is 12.8 Å². The van der Waals surface area contributed by atoms with E-state index in [2.05, 4.69) is 9.97 Å². The van der Waals surface area contributed by atoms with E-state index in [9.17, 15) is 9.59 Å². The molecule has 1 amide bonds. The molecule has 1 fully saturated rings. The summed E-state index contributed by atoms with van der Waals surface area (Å²) in [5.41, 5.74) is 3.10. The van der Waals surface area contributed by atoms with Crippen molar-refractivity contribution in [3.8, 4) is 0 Å². The maximum absolute atomic E-state index is 12.5. The molecule has 134 valence electrons. The summed E-state index contributed by atoms with van der Waals surface area (Å²) in [6.07, 6.45) is 3.79. The molecule has 0 unspecified atom stereocenters. The minimum absolute atomic E-state index is 0.133. The number of para-hydroxylation sites is 1. The number of aromatic amines is 1. The van der Waals surface area contributed by atoms with Crippen LogP contribution in [0.15, 0.2) is 18.2 Å². The number of carbonyl (C=O) groups is 2. The topological polar surface area (TPSA) is 86.3 Å². The Labute approximate surface area is 147 Å². The highest BCUT2D eigenvalue weighted by Crippen LogP contribution is 2.21. The van der Waals surface area contributed by atoms with Gasteiger partial charge in [0.05, 0.1) is 11.0 Å². The number of likely N-dealkylation sites (tertiary alicyclic amines) is 1. The molecule has 0 bridgehead atoms. The fourth-order valence-corrected chi connectivity index (χ4v) is 3.59. The number of fused-ring (bicyclic) bond motifs is 1. The van der Waals surface area contributed by atoms with Crippen LogP contribution in [-0.2, 0) is 16.0 Å². The number of carbonyl (C=O) groups excluding carboxylic acids is 1. The van der Waals surface area contributed by atoms with Gasteiger partial charge in [0, 0.05) is 32.4 Å².